The third-order valence-electron chi connectivity index (χ3n) is 8.38. The van der Waals surface area contributed by atoms with Crippen LogP contribution < -0.4 is 0 Å². The highest BCUT2D eigenvalue weighted by Gasteiger charge is 2.42. The highest BCUT2D eigenvalue weighted by Crippen LogP contribution is 2.42. The molecule has 3 unspecified atom stereocenters. The van der Waals surface area contributed by atoms with Crippen LogP contribution in [-0.2, 0) is 12.4 Å². The average molecular weight is 589 g/mol. The van der Waals surface area contributed by atoms with Gasteiger partial charge in [0.05, 0.1) is 23.2 Å². The summed E-state index contributed by atoms with van der Waals surface area (Å²) in [7, 11) is 3.43. The Balaban J connectivity index is 1.64. The van der Waals surface area contributed by atoms with E-state index >= 15 is 0 Å². The molecular formula is C29H35F7N4O. The minimum Gasteiger partial charge on any atom is -0.321 e. The maximum atomic E-state index is 14.0. The van der Waals surface area contributed by atoms with Gasteiger partial charge in [-0.2, -0.15) is 26.3 Å². The van der Waals surface area contributed by atoms with Crippen molar-refractivity contribution >= 4 is 6.03 Å². The van der Waals surface area contributed by atoms with Gasteiger partial charge in [0.15, 0.2) is 0 Å². The molecule has 2 heterocycles. The van der Waals surface area contributed by atoms with E-state index in [-0.39, 0.29) is 17.5 Å². The number of hydrogen-bond donors (Lipinski definition) is 0. The van der Waals surface area contributed by atoms with Crippen LogP contribution in [0.2, 0.25) is 0 Å². The Kier molecular flexibility index (Phi) is 8.94. The standard InChI is InChI=1S/C29H35F7N4O/c1-18-13-24(30)5-6-25(18)26-20(17-39-11-9-37(3)10-12-39)7-8-40(26)27(41)38(4)19(2)21-14-22(28(31,32)33)16-23(15-21)29(34,35)36/h5-6,13-16,19-20,26H,7-12,17H2,1-4H3. The molecule has 12 heteroatoms. The molecule has 5 nitrogen and oxygen atoms in total. The van der Waals surface area contributed by atoms with E-state index in [2.05, 4.69) is 16.8 Å². The number of benzene rings is 2. The highest BCUT2D eigenvalue weighted by molar-refractivity contribution is 5.76. The third kappa shape index (κ3) is 6.97. The Morgan fingerprint density at radius 1 is 0.951 bits per heavy atom. The van der Waals surface area contributed by atoms with Crippen LogP contribution in [0.3, 0.4) is 0 Å². The van der Waals surface area contributed by atoms with Gasteiger partial charge in [0.1, 0.15) is 5.82 Å². The first-order chi connectivity index (χ1) is 19.1. The van der Waals surface area contributed by atoms with Crippen molar-refractivity contribution in [3.63, 3.8) is 0 Å². The van der Waals surface area contributed by atoms with Gasteiger partial charge < -0.3 is 19.6 Å². The zero-order valence-corrected chi connectivity index (χ0v) is 23.5. The second-order valence-electron chi connectivity index (χ2n) is 11.2. The Morgan fingerprint density at radius 2 is 1.54 bits per heavy atom. The molecule has 0 spiro atoms. The van der Waals surface area contributed by atoms with Crippen molar-refractivity contribution < 1.29 is 35.5 Å². The number of rotatable bonds is 5. The number of piperazine rings is 1. The van der Waals surface area contributed by atoms with Crippen molar-refractivity contribution in [2.75, 3.05) is 53.4 Å². The summed E-state index contributed by atoms with van der Waals surface area (Å²) in [6.07, 6.45) is -9.33. The van der Waals surface area contributed by atoms with Crippen molar-refractivity contribution in [3.05, 3.63) is 70.0 Å². The van der Waals surface area contributed by atoms with E-state index in [0.717, 1.165) is 31.7 Å². The van der Waals surface area contributed by atoms with Crippen LogP contribution in [0.1, 0.15) is 53.2 Å². The fraction of sp³-hybridized carbons (Fsp3) is 0.552. The number of halogens is 7. The van der Waals surface area contributed by atoms with Crippen molar-refractivity contribution in [2.45, 2.75) is 44.7 Å². The summed E-state index contributed by atoms with van der Waals surface area (Å²) in [5.41, 5.74) is -1.69. The van der Waals surface area contributed by atoms with E-state index in [9.17, 15) is 35.5 Å². The maximum Gasteiger partial charge on any atom is 0.416 e. The molecule has 41 heavy (non-hydrogen) atoms. The maximum absolute atomic E-state index is 14.0. The number of alkyl halides is 6. The van der Waals surface area contributed by atoms with Gasteiger partial charge in [-0.3, -0.25) is 0 Å². The van der Waals surface area contributed by atoms with Crippen molar-refractivity contribution in [3.8, 4) is 0 Å². The largest absolute Gasteiger partial charge is 0.416 e. The van der Waals surface area contributed by atoms with Crippen LogP contribution >= 0.6 is 0 Å². The van der Waals surface area contributed by atoms with Gasteiger partial charge in [0.2, 0.25) is 0 Å². The third-order valence-corrected chi connectivity index (χ3v) is 8.38. The van der Waals surface area contributed by atoms with Gasteiger partial charge in [-0.15, -0.1) is 0 Å². The molecule has 2 aromatic carbocycles. The molecule has 0 N–H and O–H groups in total. The van der Waals surface area contributed by atoms with Crippen molar-refractivity contribution in [2.24, 2.45) is 5.92 Å². The summed E-state index contributed by atoms with van der Waals surface area (Å²) < 4.78 is 94.9. The summed E-state index contributed by atoms with van der Waals surface area (Å²) in [4.78, 5) is 21.2. The SMILES string of the molecule is Cc1cc(F)ccc1C1C(CN2CCN(C)CC2)CCN1C(=O)N(C)C(C)c1cc(C(F)(F)F)cc(C(F)(F)F)c1. The van der Waals surface area contributed by atoms with E-state index < -0.39 is 47.4 Å². The topological polar surface area (TPSA) is 30.0 Å². The second kappa shape index (κ2) is 11.8. The number of carbonyl (C=O) groups excluding carboxylic acids is 1. The minimum atomic E-state index is -4.99. The molecule has 2 fully saturated rings. The Morgan fingerprint density at radius 3 is 2.07 bits per heavy atom. The van der Waals surface area contributed by atoms with Crippen LogP contribution in [-0.4, -0.2) is 79.0 Å². The summed E-state index contributed by atoms with van der Waals surface area (Å²) in [5.74, 6) is -0.394. The Hall–Kier alpha value is -2.86. The van der Waals surface area contributed by atoms with E-state index in [1.165, 1.54) is 31.0 Å². The number of carbonyl (C=O) groups is 1. The van der Waals surface area contributed by atoms with Gasteiger partial charge in [-0.25, -0.2) is 9.18 Å². The lowest BCUT2D eigenvalue weighted by Gasteiger charge is -2.38. The van der Waals surface area contributed by atoms with Crippen LogP contribution in [0, 0.1) is 18.7 Å². The number of aryl methyl sites for hydroxylation is 1. The molecule has 0 saturated carbocycles. The molecule has 2 saturated heterocycles. The first-order valence-corrected chi connectivity index (χ1v) is 13.6. The molecule has 4 rings (SSSR count). The molecule has 3 atom stereocenters. The summed E-state index contributed by atoms with van der Waals surface area (Å²) in [6, 6.07) is 3.76. The monoisotopic (exact) mass is 588 g/mol. The molecule has 2 aliphatic heterocycles. The molecule has 226 valence electrons. The van der Waals surface area contributed by atoms with Gasteiger partial charge in [-0.05, 0) is 80.3 Å². The fourth-order valence-corrected chi connectivity index (χ4v) is 5.83. The summed E-state index contributed by atoms with van der Waals surface area (Å²) in [6.45, 7) is 7.78. The molecule has 0 aliphatic carbocycles. The van der Waals surface area contributed by atoms with E-state index in [1.54, 1.807) is 17.9 Å². The van der Waals surface area contributed by atoms with E-state index in [1.807, 2.05) is 0 Å². The Labute approximate surface area is 235 Å². The van der Waals surface area contributed by atoms with Crippen molar-refractivity contribution in [1.29, 1.82) is 0 Å². The minimum absolute atomic E-state index is 0.0145. The molecule has 2 aromatic rings. The van der Waals surface area contributed by atoms with Crippen LogP contribution in [0.4, 0.5) is 35.5 Å². The zero-order valence-electron chi connectivity index (χ0n) is 23.5. The molecular weight excluding hydrogens is 553 g/mol. The van der Waals surface area contributed by atoms with Crippen LogP contribution in [0.5, 0.6) is 0 Å². The van der Waals surface area contributed by atoms with E-state index in [0.29, 0.717) is 37.2 Å². The predicted molar refractivity (Wildman–Crippen MR) is 141 cm³/mol. The predicted octanol–water partition coefficient (Wildman–Crippen LogP) is 6.60. The average Bonchev–Trinajstić information content (AvgIpc) is 3.30. The normalized spacial score (nSPS) is 21.8. The summed E-state index contributed by atoms with van der Waals surface area (Å²) >= 11 is 0. The number of hydrogen-bond acceptors (Lipinski definition) is 3. The first-order valence-electron chi connectivity index (χ1n) is 13.6. The van der Waals surface area contributed by atoms with Crippen LogP contribution in [0.15, 0.2) is 36.4 Å². The smallest absolute Gasteiger partial charge is 0.321 e. The van der Waals surface area contributed by atoms with Gasteiger partial charge in [0.25, 0.3) is 0 Å². The molecule has 0 radical (unpaired) electrons. The molecule has 2 aliphatic rings. The van der Waals surface area contributed by atoms with E-state index in [4.69, 9.17) is 0 Å². The van der Waals surface area contributed by atoms with Gasteiger partial charge in [0, 0.05) is 46.3 Å². The quantitative estimate of drug-likeness (QED) is 0.369. The Bertz CT molecular complexity index is 1210. The number of urea groups is 1. The number of amides is 2. The zero-order chi connectivity index (χ0) is 30.3. The lowest BCUT2D eigenvalue weighted by Crippen LogP contribution is -2.47. The number of likely N-dealkylation sites (N-methyl/N-ethyl adjacent to an activating group) is 1. The second-order valence-corrected chi connectivity index (χ2v) is 11.2. The lowest BCUT2D eigenvalue weighted by atomic mass is 9.90. The first kappa shape index (κ1) is 31.1. The highest BCUT2D eigenvalue weighted by atomic mass is 19.4. The molecule has 2 amide bonds. The van der Waals surface area contributed by atoms with Gasteiger partial charge >= 0.3 is 18.4 Å². The number of nitrogens with zero attached hydrogens (tertiary/aromatic N) is 4. The fourth-order valence-electron chi connectivity index (χ4n) is 5.83. The van der Waals surface area contributed by atoms with Crippen LogP contribution in [0.25, 0.3) is 0 Å². The summed E-state index contributed by atoms with van der Waals surface area (Å²) in [5, 5.41) is 0. The van der Waals surface area contributed by atoms with Gasteiger partial charge in [-0.1, -0.05) is 6.07 Å². The number of likely N-dealkylation sites (tertiary alicyclic amines) is 1. The molecule has 0 bridgehead atoms. The van der Waals surface area contributed by atoms with Crippen molar-refractivity contribution in [1.82, 2.24) is 19.6 Å². The molecule has 0 aromatic heterocycles. The lowest BCUT2D eigenvalue weighted by molar-refractivity contribution is -0.143.